The fraction of sp³-hybridized carbons (Fsp3) is 0.167. The van der Waals surface area contributed by atoms with Gasteiger partial charge in [0.25, 0.3) is 0 Å². The maximum Gasteiger partial charge on any atom is 0.165 e. The van der Waals surface area contributed by atoms with Gasteiger partial charge < -0.3 is 10.5 Å². The Hall–Kier alpha value is -0.430. The van der Waals surface area contributed by atoms with E-state index in [0.717, 1.165) is 18.7 Å². The molecule has 1 heterocycles. The molecule has 0 aliphatic rings. The van der Waals surface area contributed by atoms with E-state index in [1.165, 1.54) is 24.5 Å². The van der Waals surface area contributed by atoms with E-state index in [4.69, 9.17) is 10.5 Å². The highest BCUT2D eigenvalue weighted by atomic mass is 79.9. The number of halogens is 3. The summed E-state index contributed by atoms with van der Waals surface area (Å²) in [7, 11) is 1.44. The van der Waals surface area contributed by atoms with Crippen LogP contribution in [-0.4, -0.2) is 7.11 Å². The average molecular weight is 395 g/mol. The summed E-state index contributed by atoms with van der Waals surface area (Å²) in [4.78, 5) is 0.957. The van der Waals surface area contributed by atoms with Crippen LogP contribution in [0.25, 0.3) is 0 Å². The molecule has 1 unspecified atom stereocenters. The number of ether oxygens (including phenoxy) is 1. The van der Waals surface area contributed by atoms with Crippen LogP contribution < -0.4 is 10.5 Å². The lowest BCUT2D eigenvalue weighted by atomic mass is 10.1. The first kappa shape index (κ1) is 14.0. The van der Waals surface area contributed by atoms with Crippen molar-refractivity contribution in [1.82, 2.24) is 0 Å². The van der Waals surface area contributed by atoms with Gasteiger partial charge in [-0.05, 0) is 55.6 Å². The van der Waals surface area contributed by atoms with Gasteiger partial charge in [-0.2, -0.15) is 0 Å². The maximum absolute atomic E-state index is 13.6. The van der Waals surface area contributed by atoms with Crippen LogP contribution in [0.4, 0.5) is 4.39 Å². The zero-order chi connectivity index (χ0) is 13.3. The first-order chi connectivity index (χ1) is 8.52. The van der Waals surface area contributed by atoms with Crippen LogP contribution in [0.5, 0.6) is 5.75 Å². The summed E-state index contributed by atoms with van der Waals surface area (Å²) < 4.78 is 20.4. The number of rotatable bonds is 3. The van der Waals surface area contributed by atoms with Crippen molar-refractivity contribution in [2.75, 3.05) is 7.11 Å². The molecule has 1 aromatic carbocycles. The van der Waals surface area contributed by atoms with Crippen LogP contribution >= 0.6 is 43.2 Å². The Morgan fingerprint density at radius 2 is 2.06 bits per heavy atom. The molecule has 2 aromatic rings. The van der Waals surface area contributed by atoms with Gasteiger partial charge in [0.2, 0.25) is 0 Å². The van der Waals surface area contributed by atoms with Crippen LogP contribution in [0.3, 0.4) is 0 Å². The van der Waals surface area contributed by atoms with Crippen molar-refractivity contribution in [1.29, 1.82) is 0 Å². The molecule has 2 N–H and O–H groups in total. The summed E-state index contributed by atoms with van der Waals surface area (Å²) in [6.07, 6.45) is 0. The van der Waals surface area contributed by atoms with Crippen LogP contribution in [0.2, 0.25) is 0 Å². The second-order valence-corrected chi connectivity index (χ2v) is 6.90. The molecule has 18 heavy (non-hydrogen) atoms. The number of thiophene rings is 1. The van der Waals surface area contributed by atoms with Crippen LogP contribution in [-0.2, 0) is 0 Å². The van der Waals surface area contributed by atoms with Crippen LogP contribution in [0.1, 0.15) is 16.5 Å². The Balaban J connectivity index is 2.33. The molecule has 0 spiro atoms. The minimum atomic E-state index is -0.403. The zero-order valence-corrected chi connectivity index (χ0v) is 13.4. The second-order valence-electron chi connectivity index (χ2n) is 3.64. The fourth-order valence-corrected chi connectivity index (χ4v) is 3.68. The average Bonchev–Trinajstić information content (AvgIpc) is 2.68. The summed E-state index contributed by atoms with van der Waals surface area (Å²) in [5.41, 5.74) is 6.84. The molecule has 2 nitrogen and oxygen atoms in total. The highest BCUT2D eigenvalue weighted by Gasteiger charge is 2.15. The van der Waals surface area contributed by atoms with E-state index in [1.807, 2.05) is 6.07 Å². The smallest absolute Gasteiger partial charge is 0.165 e. The lowest BCUT2D eigenvalue weighted by molar-refractivity contribution is 0.386. The normalized spacial score (nSPS) is 12.5. The van der Waals surface area contributed by atoms with Crippen molar-refractivity contribution in [3.63, 3.8) is 0 Å². The summed E-state index contributed by atoms with van der Waals surface area (Å²) in [6, 6.07) is 6.35. The zero-order valence-electron chi connectivity index (χ0n) is 9.41. The Morgan fingerprint density at radius 3 is 2.56 bits per heavy atom. The molecule has 6 heteroatoms. The van der Waals surface area contributed by atoms with Crippen molar-refractivity contribution in [2.24, 2.45) is 5.73 Å². The van der Waals surface area contributed by atoms with Gasteiger partial charge in [-0.1, -0.05) is 6.07 Å². The molecule has 0 amide bonds. The van der Waals surface area contributed by atoms with E-state index in [1.54, 1.807) is 12.1 Å². The number of hydrogen-bond acceptors (Lipinski definition) is 3. The maximum atomic E-state index is 13.6. The van der Waals surface area contributed by atoms with Gasteiger partial charge in [-0.25, -0.2) is 4.39 Å². The van der Waals surface area contributed by atoms with E-state index in [0.29, 0.717) is 0 Å². The molecular weight excluding hydrogens is 385 g/mol. The number of nitrogens with two attached hydrogens (primary N) is 1. The molecule has 2 rings (SSSR count). The van der Waals surface area contributed by atoms with Crippen molar-refractivity contribution >= 4 is 43.2 Å². The molecule has 0 radical (unpaired) electrons. The lowest BCUT2D eigenvalue weighted by Gasteiger charge is -2.11. The van der Waals surface area contributed by atoms with Crippen molar-refractivity contribution in [3.05, 3.63) is 48.8 Å². The minimum Gasteiger partial charge on any atom is -0.494 e. The third-order valence-electron chi connectivity index (χ3n) is 2.51. The van der Waals surface area contributed by atoms with E-state index >= 15 is 0 Å². The molecule has 1 atom stereocenters. The number of benzene rings is 1. The quantitative estimate of drug-likeness (QED) is 0.833. The Labute approximate surface area is 125 Å². The summed E-state index contributed by atoms with van der Waals surface area (Å²) >= 11 is 8.35. The second kappa shape index (κ2) is 5.69. The Bertz CT molecular complexity index is 554. The summed E-state index contributed by atoms with van der Waals surface area (Å²) in [6.45, 7) is 0. The van der Waals surface area contributed by atoms with E-state index in [9.17, 15) is 4.39 Å². The topological polar surface area (TPSA) is 35.2 Å². The molecule has 0 aliphatic carbocycles. The van der Waals surface area contributed by atoms with Gasteiger partial charge >= 0.3 is 0 Å². The minimum absolute atomic E-state index is 0.222. The number of methoxy groups -OCH3 is 1. The predicted molar refractivity (Wildman–Crippen MR) is 78.7 cm³/mol. The van der Waals surface area contributed by atoms with Gasteiger partial charge in [-0.15, -0.1) is 11.3 Å². The van der Waals surface area contributed by atoms with Crippen molar-refractivity contribution in [2.45, 2.75) is 6.04 Å². The van der Waals surface area contributed by atoms with Crippen LogP contribution in [0.15, 0.2) is 32.5 Å². The van der Waals surface area contributed by atoms with Gasteiger partial charge in [0.15, 0.2) is 11.6 Å². The largest absolute Gasteiger partial charge is 0.494 e. The molecule has 0 saturated carbocycles. The first-order valence-electron chi connectivity index (χ1n) is 5.06. The van der Waals surface area contributed by atoms with E-state index < -0.39 is 5.82 Å². The molecule has 0 fully saturated rings. The molecule has 0 aliphatic heterocycles. The van der Waals surface area contributed by atoms with Crippen molar-refractivity contribution in [3.8, 4) is 5.75 Å². The Kier molecular flexibility index (Phi) is 4.42. The molecule has 0 saturated heterocycles. The highest BCUT2D eigenvalue weighted by Crippen LogP contribution is 2.37. The summed E-state index contributed by atoms with van der Waals surface area (Å²) in [5, 5.41) is 0. The standard InChI is InChI=1S/C12H10Br2FNOS/c1-17-9-3-2-6(4-8(9)15)11(16)10-5-7(13)12(14)18-10/h2-5,11H,16H2,1H3. The predicted octanol–water partition coefficient (Wildman–Crippen LogP) is 4.47. The summed E-state index contributed by atoms with van der Waals surface area (Å²) in [5.74, 6) is -0.181. The number of hydrogen-bond donors (Lipinski definition) is 1. The molecule has 96 valence electrons. The van der Waals surface area contributed by atoms with Crippen LogP contribution in [0, 0.1) is 5.82 Å². The third kappa shape index (κ3) is 2.77. The van der Waals surface area contributed by atoms with E-state index in [-0.39, 0.29) is 11.8 Å². The monoisotopic (exact) mass is 393 g/mol. The fourth-order valence-electron chi connectivity index (χ4n) is 1.56. The SMILES string of the molecule is COc1ccc(C(N)c2cc(Br)c(Br)s2)cc1F. The third-order valence-corrected chi connectivity index (χ3v) is 5.85. The Morgan fingerprint density at radius 1 is 1.33 bits per heavy atom. The van der Waals surface area contributed by atoms with E-state index in [2.05, 4.69) is 31.9 Å². The lowest BCUT2D eigenvalue weighted by Crippen LogP contribution is -2.10. The van der Waals surface area contributed by atoms with Gasteiger partial charge in [0.1, 0.15) is 0 Å². The highest BCUT2D eigenvalue weighted by molar-refractivity contribution is 9.13. The molecule has 1 aromatic heterocycles. The van der Waals surface area contributed by atoms with Gasteiger partial charge in [0, 0.05) is 9.35 Å². The van der Waals surface area contributed by atoms with Gasteiger partial charge in [-0.3, -0.25) is 0 Å². The molecule has 0 bridgehead atoms. The first-order valence-corrected chi connectivity index (χ1v) is 7.47. The van der Waals surface area contributed by atoms with Crippen molar-refractivity contribution < 1.29 is 9.13 Å². The molecular formula is C12H10Br2FNOS. The van der Waals surface area contributed by atoms with Gasteiger partial charge in [0.05, 0.1) is 16.9 Å².